The van der Waals surface area contributed by atoms with Crippen LogP contribution >= 0.6 is 0 Å². The van der Waals surface area contributed by atoms with Crippen LogP contribution in [0.4, 0.5) is 0 Å². The van der Waals surface area contributed by atoms with Crippen LogP contribution in [-0.2, 0) is 0 Å². The predicted octanol–water partition coefficient (Wildman–Crippen LogP) is 2.00. The highest BCUT2D eigenvalue weighted by molar-refractivity contribution is 5.96. The summed E-state index contributed by atoms with van der Waals surface area (Å²) >= 11 is 0. The molecule has 14 heavy (non-hydrogen) atoms. The number of carbonyl (C=O) groups is 1. The van der Waals surface area contributed by atoms with E-state index in [0.29, 0.717) is 12.3 Å². The van der Waals surface area contributed by atoms with Gasteiger partial charge in [0.05, 0.1) is 0 Å². The van der Waals surface area contributed by atoms with Gasteiger partial charge >= 0.3 is 0 Å². The Kier molecular flexibility index (Phi) is 2.64. The maximum atomic E-state index is 11.7. The fourth-order valence-electron chi connectivity index (χ4n) is 1.65. The van der Waals surface area contributed by atoms with Crippen LogP contribution in [-0.4, -0.2) is 11.8 Å². The molecule has 2 heteroatoms. The summed E-state index contributed by atoms with van der Waals surface area (Å²) in [4.78, 5) is 11.7. The minimum Gasteiger partial charge on any atom is -0.327 e. The second-order valence-electron chi connectivity index (χ2n) is 3.99. The summed E-state index contributed by atoms with van der Waals surface area (Å²) in [7, 11) is 0. The molecule has 0 heterocycles. The first-order chi connectivity index (χ1) is 6.77. The fourth-order valence-corrected chi connectivity index (χ4v) is 1.65. The SMILES string of the molecule is NC(CC(=O)c1ccccc1)C1CC1. The molecule has 0 aromatic heterocycles. The number of hydrogen-bond donors (Lipinski definition) is 1. The lowest BCUT2D eigenvalue weighted by Gasteiger charge is -2.08. The van der Waals surface area contributed by atoms with Gasteiger partial charge in [0, 0.05) is 18.0 Å². The van der Waals surface area contributed by atoms with E-state index in [2.05, 4.69) is 0 Å². The largest absolute Gasteiger partial charge is 0.327 e. The number of Topliss-reactive ketones (excluding diaryl/α,β-unsaturated/α-hetero) is 1. The van der Waals surface area contributed by atoms with Gasteiger partial charge in [0.1, 0.15) is 0 Å². The standard InChI is InChI=1S/C12H15NO/c13-11(9-6-7-9)8-12(14)10-4-2-1-3-5-10/h1-5,9,11H,6-8,13H2. The topological polar surface area (TPSA) is 43.1 Å². The molecule has 1 fully saturated rings. The summed E-state index contributed by atoms with van der Waals surface area (Å²) in [6.07, 6.45) is 2.89. The van der Waals surface area contributed by atoms with Crippen LogP contribution in [0.25, 0.3) is 0 Å². The number of hydrogen-bond acceptors (Lipinski definition) is 2. The minimum atomic E-state index is 0.0720. The van der Waals surface area contributed by atoms with E-state index < -0.39 is 0 Å². The van der Waals surface area contributed by atoms with E-state index in [1.54, 1.807) is 0 Å². The monoisotopic (exact) mass is 189 g/mol. The van der Waals surface area contributed by atoms with Crippen LogP contribution in [0.2, 0.25) is 0 Å². The number of carbonyl (C=O) groups excluding carboxylic acids is 1. The molecular weight excluding hydrogens is 174 g/mol. The van der Waals surface area contributed by atoms with E-state index in [-0.39, 0.29) is 11.8 Å². The lowest BCUT2D eigenvalue weighted by Crippen LogP contribution is -2.25. The summed E-state index contributed by atoms with van der Waals surface area (Å²) in [5.41, 5.74) is 6.68. The van der Waals surface area contributed by atoms with Crippen LogP contribution in [0.1, 0.15) is 29.6 Å². The van der Waals surface area contributed by atoms with Crippen molar-refractivity contribution in [2.75, 3.05) is 0 Å². The number of ketones is 1. The Labute approximate surface area is 84.1 Å². The van der Waals surface area contributed by atoms with E-state index in [1.807, 2.05) is 30.3 Å². The molecule has 0 amide bonds. The molecule has 1 unspecified atom stereocenters. The third kappa shape index (κ3) is 2.20. The molecular formula is C12H15NO. The first-order valence-corrected chi connectivity index (χ1v) is 5.11. The molecule has 0 aliphatic heterocycles. The molecule has 0 bridgehead atoms. The smallest absolute Gasteiger partial charge is 0.164 e. The molecule has 2 rings (SSSR count). The molecule has 0 saturated heterocycles. The average Bonchev–Trinajstić information content (AvgIpc) is 3.02. The highest BCUT2D eigenvalue weighted by atomic mass is 16.1. The zero-order valence-corrected chi connectivity index (χ0v) is 8.15. The van der Waals surface area contributed by atoms with E-state index in [0.717, 1.165) is 5.56 Å². The van der Waals surface area contributed by atoms with Crippen molar-refractivity contribution in [2.45, 2.75) is 25.3 Å². The van der Waals surface area contributed by atoms with Crippen molar-refractivity contribution in [2.24, 2.45) is 11.7 Å². The quantitative estimate of drug-likeness (QED) is 0.736. The van der Waals surface area contributed by atoms with Gasteiger partial charge in [-0.15, -0.1) is 0 Å². The summed E-state index contributed by atoms with van der Waals surface area (Å²) in [5, 5.41) is 0. The van der Waals surface area contributed by atoms with Crippen LogP contribution < -0.4 is 5.73 Å². The molecule has 1 aliphatic carbocycles. The molecule has 74 valence electrons. The van der Waals surface area contributed by atoms with Crippen molar-refractivity contribution in [1.82, 2.24) is 0 Å². The van der Waals surface area contributed by atoms with Crippen LogP contribution in [0.15, 0.2) is 30.3 Å². The third-order valence-corrected chi connectivity index (χ3v) is 2.74. The third-order valence-electron chi connectivity index (χ3n) is 2.74. The highest BCUT2D eigenvalue weighted by Gasteiger charge is 2.29. The highest BCUT2D eigenvalue weighted by Crippen LogP contribution is 2.33. The van der Waals surface area contributed by atoms with E-state index in [9.17, 15) is 4.79 Å². The molecule has 1 aromatic carbocycles. The second-order valence-corrected chi connectivity index (χ2v) is 3.99. The molecule has 1 aliphatic rings. The van der Waals surface area contributed by atoms with Gasteiger partial charge in [0.2, 0.25) is 0 Å². The van der Waals surface area contributed by atoms with Gasteiger partial charge in [0.25, 0.3) is 0 Å². The molecule has 2 nitrogen and oxygen atoms in total. The summed E-state index contributed by atoms with van der Waals surface area (Å²) in [6.45, 7) is 0. The Morgan fingerprint density at radius 2 is 2.00 bits per heavy atom. The molecule has 1 atom stereocenters. The maximum Gasteiger partial charge on any atom is 0.164 e. The molecule has 1 aromatic rings. The average molecular weight is 189 g/mol. The van der Waals surface area contributed by atoms with Crippen molar-refractivity contribution in [1.29, 1.82) is 0 Å². The van der Waals surface area contributed by atoms with Crippen molar-refractivity contribution in [3.63, 3.8) is 0 Å². The van der Waals surface area contributed by atoms with Crippen molar-refractivity contribution >= 4 is 5.78 Å². The lowest BCUT2D eigenvalue weighted by molar-refractivity contribution is 0.0971. The zero-order valence-electron chi connectivity index (χ0n) is 8.15. The van der Waals surface area contributed by atoms with Gasteiger partial charge in [-0.3, -0.25) is 4.79 Å². The minimum absolute atomic E-state index is 0.0720. The van der Waals surface area contributed by atoms with Crippen LogP contribution in [0.5, 0.6) is 0 Å². The first kappa shape index (κ1) is 9.41. The zero-order chi connectivity index (χ0) is 9.97. The Morgan fingerprint density at radius 1 is 1.36 bits per heavy atom. The molecule has 0 radical (unpaired) electrons. The van der Waals surface area contributed by atoms with E-state index in [4.69, 9.17) is 5.73 Å². The van der Waals surface area contributed by atoms with E-state index >= 15 is 0 Å². The van der Waals surface area contributed by atoms with Crippen LogP contribution in [0, 0.1) is 5.92 Å². The fraction of sp³-hybridized carbons (Fsp3) is 0.417. The Morgan fingerprint density at radius 3 is 2.57 bits per heavy atom. The molecule has 2 N–H and O–H groups in total. The van der Waals surface area contributed by atoms with Crippen LogP contribution in [0.3, 0.4) is 0 Å². The van der Waals surface area contributed by atoms with Gasteiger partial charge in [-0.25, -0.2) is 0 Å². The van der Waals surface area contributed by atoms with Crippen molar-refractivity contribution < 1.29 is 4.79 Å². The first-order valence-electron chi connectivity index (χ1n) is 5.11. The predicted molar refractivity (Wildman–Crippen MR) is 56.1 cm³/mol. The normalized spacial score (nSPS) is 17.8. The van der Waals surface area contributed by atoms with Gasteiger partial charge in [-0.1, -0.05) is 30.3 Å². The number of benzene rings is 1. The van der Waals surface area contributed by atoms with Gasteiger partial charge in [-0.05, 0) is 18.8 Å². The Hall–Kier alpha value is -1.15. The maximum absolute atomic E-state index is 11.7. The van der Waals surface area contributed by atoms with E-state index in [1.165, 1.54) is 12.8 Å². The second kappa shape index (κ2) is 3.93. The van der Waals surface area contributed by atoms with Gasteiger partial charge in [0.15, 0.2) is 5.78 Å². The molecule has 0 spiro atoms. The number of nitrogens with two attached hydrogens (primary N) is 1. The van der Waals surface area contributed by atoms with Crippen molar-refractivity contribution in [3.05, 3.63) is 35.9 Å². The lowest BCUT2D eigenvalue weighted by atomic mass is 10.0. The summed E-state index contributed by atoms with van der Waals surface area (Å²) in [5.74, 6) is 0.771. The Bertz CT molecular complexity index is 316. The molecule has 1 saturated carbocycles. The van der Waals surface area contributed by atoms with Crippen molar-refractivity contribution in [3.8, 4) is 0 Å². The number of rotatable bonds is 4. The summed E-state index contributed by atoms with van der Waals surface area (Å²) < 4.78 is 0. The summed E-state index contributed by atoms with van der Waals surface area (Å²) in [6, 6.07) is 9.45. The van der Waals surface area contributed by atoms with Gasteiger partial charge in [-0.2, -0.15) is 0 Å². The Balaban J connectivity index is 1.95. The van der Waals surface area contributed by atoms with Gasteiger partial charge < -0.3 is 5.73 Å².